The monoisotopic (exact) mass is 348 g/mol. The van der Waals surface area contributed by atoms with E-state index in [0.29, 0.717) is 13.0 Å². The first kappa shape index (κ1) is 18.1. The zero-order chi connectivity index (χ0) is 16.2. The maximum Gasteiger partial charge on any atom is 0.239 e. The highest BCUT2D eigenvalue weighted by Crippen LogP contribution is 2.32. The highest BCUT2D eigenvalue weighted by molar-refractivity contribution is 5.85. The van der Waals surface area contributed by atoms with Crippen LogP contribution < -0.4 is 15.2 Å². The third kappa shape index (κ3) is 4.19. The summed E-state index contributed by atoms with van der Waals surface area (Å²) in [4.78, 5) is 14.1. The lowest BCUT2D eigenvalue weighted by atomic mass is 10.1. The van der Waals surface area contributed by atoms with E-state index in [9.17, 15) is 4.79 Å². The van der Waals surface area contributed by atoms with Crippen LogP contribution in [0.5, 0.6) is 11.5 Å². The van der Waals surface area contributed by atoms with Gasteiger partial charge in [0.25, 0.3) is 0 Å². The minimum absolute atomic E-state index is 0. The van der Waals surface area contributed by atoms with Crippen LogP contribution >= 0.6 is 12.4 Å². The van der Waals surface area contributed by atoms with Gasteiger partial charge in [-0.3, -0.25) is 4.79 Å². The topological polar surface area (TPSA) is 64.8 Å². The zero-order valence-corrected chi connectivity index (χ0v) is 14.3. The first-order chi connectivity index (χ1) is 11.1. The van der Waals surface area contributed by atoms with Gasteiger partial charge in [-0.05, 0) is 29.7 Å². The summed E-state index contributed by atoms with van der Waals surface area (Å²) < 4.78 is 10.6. The van der Waals surface area contributed by atoms with Gasteiger partial charge in [0.05, 0.1) is 6.04 Å². The molecule has 0 spiro atoms. The van der Waals surface area contributed by atoms with Crippen molar-refractivity contribution in [3.8, 4) is 11.5 Å². The number of ether oxygens (including phenoxy) is 2. The highest BCUT2D eigenvalue weighted by atomic mass is 35.5. The van der Waals surface area contributed by atoms with Crippen LogP contribution in [0.15, 0.2) is 48.5 Å². The predicted molar refractivity (Wildman–Crippen MR) is 94.4 cm³/mol. The number of fused-ring (bicyclic) bond motifs is 1. The standard InChI is InChI=1S/C18H20N2O3.ClH/c1-20(11-14-7-8-16-17(10-14)23-12-22-16)18(21)15(19)9-13-5-3-2-4-6-13;/h2-8,10,15H,9,11-12,19H2,1H3;1H. The molecule has 3 rings (SSSR count). The Morgan fingerprint density at radius 3 is 2.58 bits per heavy atom. The van der Waals surface area contributed by atoms with Crippen LogP contribution in [0.25, 0.3) is 0 Å². The maximum absolute atomic E-state index is 12.4. The molecule has 1 aliphatic heterocycles. The lowest BCUT2D eigenvalue weighted by Crippen LogP contribution is -2.42. The Morgan fingerprint density at radius 1 is 1.12 bits per heavy atom. The van der Waals surface area contributed by atoms with Gasteiger partial charge < -0.3 is 20.1 Å². The van der Waals surface area contributed by atoms with Crippen molar-refractivity contribution >= 4 is 18.3 Å². The molecule has 2 aromatic rings. The average molecular weight is 349 g/mol. The summed E-state index contributed by atoms with van der Waals surface area (Å²) in [5, 5.41) is 0. The van der Waals surface area contributed by atoms with Gasteiger partial charge in [0.1, 0.15) is 0 Å². The van der Waals surface area contributed by atoms with Gasteiger partial charge in [0.2, 0.25) is 12.7 Å². The van der Waals surface area contributed by atoms with Crippen LogP contribution in [-0.4, -0.2) is 30.7 Å². The molecule has 1 amide bonds. The van der Waals surface area contributed by atoms with Crippen LogP contribution in [0.3, 0.4) is 0 Å². The Kier molecular flexibility index (Phi) is 6.06. The van der Waals surface area contributed by atoms with E-state index in [2.05, 4.69) is 0 Å². The SMILES string of the molecule is CN(Cc1ccc2c(c1)OCO2)C(=O)C(N)Cc1ccccc1.Cl. The molecule has 0 aliphatic carbocycles. The molecule has 128 valence electrons. The zero-order valence-electron chi connectivity index (χ0n) is 13.5. The van der Waals surface area contributed by atoms with Crippen LogP contribution in [0, 0.1) is 0 Å². The van der Waals surface area contributed by atoms with Gasteiger partial charge in [-0.1, -0.05) is 36.4 Å². The number of hydrogen-bond acceptors (Lipinski definition) is 4. The van der Waals surface area contributed by atoms with Crippen molar-refractivity contribution < 1.29 is 14.3 Å². The van der Waals surface area contributed by atoms with E-state index in [-0.39, 0.29) is 25.1 Å². The summed E-state index contributed by atoms with van der Waals surface area (Å²) in [7, 11) is 1.76. The van der Waals surface area contributed by atoms with Gasteiger partial charge in [-0.25, -0.2) is 0 Å². The molecule has 1 atom stereocenters. The van der Waals surface area contributed by atoms with E-state index < -0.39 is 6.04 Å². The Hall–Kier alpha value is -2.24. The molecule has 2 N–H and O–H groups in total. The maximum atomic E-state index is 12.4. The van der Waals surface area contributed by atoms with Gasteiger partial charge in [0.15, 0.2) is 11.5 Å². The number of carbonyl (C=O) groups excluding carboxylic acids is 1. The van der Waals surface area contributed by atoms with E-state index in [4.69, 9.17) is 15.2 Å². The van der Waals surface area contributed by atoms with Crippen molar-refractivity contribution in [2.24, 2.45) is 5.73 Å². The van der Waals surface area contributed by atoms with E-state index in [1.165, 1.54) is 0 Å². The molecule has 1 heterocycles. The van der Waals surface area contributed by atoms with Gasteiger partial charge in [0, 0.05) is 13.6 Å². The summed E-state index contributed by atoms with van der Waals surface area (Å²) in [5.41, 5.74) is 8.10. The predicted octanol–water partition coefficient (Wildman–Crippen LogP) is 2.37. The minimum Gasteiger partial charge on any atom is -0.454 e. The first-order valence-electron chi connectivity index (χ1n) is 7.56. The van der Waals surface area contributed by atoms with Gasteiger partial charge in [-0.2, -0.15) is 0 Å². The summed E-state index contributed by atoms with van der Waals surface area (Å²) in [6.45, 7) is 0.730. The second-order valence-electron chi connectivity index (χ2n) is 5.68. The van der Waals surface area contributed by atoms with Crippen LogP contribution in [0.1, 0.15) is 11.1 Å². The molecule has 5 nitrogen and oxygen atoms in total. The molecule has 0 saturated heterocycles. The van der Waals surface area contributed by atoms with Gasteiger partial charge in [-0.15, -0.1) is 12.4 Å². The number of benzene rings is 2. The fourth-order valence-electron chi connectivity index (χ4n) is 2.63. The average Bonchev–Trinajstić information content (AvgIpc) is 3.02. The number of rotatable bonds is 5. The number of hydrogen-bond donors (Lipinski definition) is 1. The Bertz CT molecular complexity index is 694. The van der Waals surface area contributed by atoms with E-state index in [1.807, 2.05) is 48.5 Å². The van der Waals surface area contributed by atoms with Crippen molar-refractivity contribution in [2.45, 2.75) is 19.0 Å². The number of carbonyl (C=O) groups is 1. The van der Waals surface area contributed by atoms with Crippen LogP contribution in [0.4, 0.5) is 0 Å². The molecule has 1 unspecified atom stereocenters. The molecule has 24 heavy (non-hydrogen) atoms. The van der Waals surface area contributed by atoms with Crippen LogP contribution in [-0.2, 0) is 17.8 Å². The fraction of sp³-hybridized carbons (Fsp3) is 0.278. The number of nitrogens with zero attached hydrogens (tertiary/aromatic N) is 1. The normalized spacial score (nSPS) is 13.1. The molecule has 6 heteroatoms. The van der Waals surface area contributed by atoms with Crippen molar-refractivity contribution in [2.75, 3.05) is 13.8 Å². The molecule has 1 aliphatic rings. The Balaban J connectivity index is 0.00000208. The molecule has 0 fully saturated rings. The van der Waals surface area contributed by atoms with E-state index in [0.717, 1.165) is 22.6 Å². The second-order valence-corrected chi connectivity index (χ2v) is 5.68. The first-order valence-corrected chi connectivity index (χ1v) is 7.56. The van der Waals surface area contributed by atoms with E-state index in [1.54, 1.807) is 11.9 Å². The smallest absolute Gasteiger partial charge is 0.239 e. The van der Waals surface area contributed by atoms with E-state index >= 15 is 0 Å². The molecular formula is C18H21ClN2O3. The lowest BCUT2D eigenvalue weighted by Gasteiger charge is -2.21. The number of halogens is 1. The minimum atomic E-state index is -0.545. The molecular weight excluding hydrogens is 328 g/mol. The highest BCUT2D eigenvalue weighted by Gasteiger charge is 2.20. The van der Waals surface area contributed by atoms with Crippen molar-refractivity contribution in [1.29, 1.82) is 0 Å². The number of nitrogens with two attached hydrogens (primary N) is 1. The Labute approximate surface area is 147 Å². The second kappa shape index (κ2) is 8.04. The quantitative estimate of drug-likeness (QED) is 0.901. The van der Waals surface area contributed by atoms with Crippen molar-refractivity contribution in [1.82, 2.24) is 4.90 Å². The van der Waals surface area contributed by atoms with Crippen molar-refractivity contribution in [3.63, 3.8) is 0 Å². The molecule has 2 aromatic carbocycles. The molecule has 0 aromatic heterocycles. The summed E-state index contributed by atoms with van der Waals surface area (Å²) in [5.74, 6) is 1.38. The fourth-order valence-corrected chi connectivity index (χ4v) is 2.63. The number of likely N-dealkylation sites (N-methyl/N-ethyl adjacent to an activating group) is 1. The van der Waals surface area contributed by atoms with Crippen molar-refractivity contribution in [3.05, 3.63) is 59.7 Å². The molecule has 0 radical (unpaired) electrons. The van der Waals surface area contributed by atoms with Gasteiger partial charge >= 0.3 is 0 Å². The molecule has 0 bridgehead atoms. The Morgan fingerprint density at radius 2 is 1.83 bits per heavy atom. The number of amides is 1. The third-order valence-electron chi connectivity index (χ3n) is 3.85. The largest absolute Gasteiger partial charge is 0.454 e. The lowest BCUT2D eigenvalue weighted by molar-refractivity contribution is -0.131. The third-order valence-corrected chi connectivity index (χ3v) is 3.85. The summed E-state index contributed by atoms with van der Waals surface area (Å²) >= 11 is 0. The summed E-state index contributed by atoms with van der Waals surface area (Å²) in [6.07, 6.45) is 0.533. The summed E-state index contributed by atoms with van der Waals surface area (Å²) in [6, 6.07) is 14.9. The molecule has 0 saturated carbocycles. The van der Waals surface area contributed by atoms with Crippen LogP contribution in [0.2, 0.25) is 0 Å².